The molecule has 0 spiro atoms. The molecular weight excluding hydrogens is 304 g/mol. The number of ether oxygens (including phenoxy) is 1. The molecule has 1 aromatic heterocycles. The van der Waals surface area contributed by atoms with Gasteiger partial charge in [-0.2, -0.15) is 0 Å². The number of hydrogen-bond acceptors (Lipinski definition) is 5. The molecule has 0 saturated heterocycles. The molecule has 6 heteroatoms. The van der Waals surface area contributed by atoms with Crippen molar-refractivity contribution in [2.45, 2.75) is 27.2 Å². The van der Waals surface area contributed by atoms with Gasteiger partial charge in [-0.15, -0.1) is 0 Å². The molecule has 2 N–H and O–H groups in total. The second-order valence-corrected chi connectivity index (χ2v) is 5.74. The van der Waals surface area contributed by atoms with Crippen LogP contribution >= 0.6 is 0 Å². The van der Waals surface area contributed by atoms with Crippen molar-refractivity contribution >= 4 is 17.5 Å². The Balaban J connectivity index is 2.07. The highest BCUT2D eigenvalue weighted by Gasteiger charge is 2.11. The number of nitrogens with one attached hydrogen (secondary N) is 2. The first kappa shape index (κ1) is 17.9. The fourth-order valence-corrected chi connectivity index (χ4v) is 2.19. The van der Waals surface area contributed by atoms with Crippen molar-refractivity contribution in [1.82, 2.24) is 9.97 Å². The van der Waals surface area contributed by atoms with Gasteiger partial charge in [-0.25, -0.2) is 9.97 Å². The smallest absolute Gasteiger partial charge is 0.274 e. The summed E-state index contributed by atoms with van der Waals surface area (Å²) < 4.78 is 5.00. The van der Waals surface area contributed by atoms with E-state index in [4.69, 9.17) is 4.74 Å². The lowest BCUT2D eigenvalue weighted by molar-refractivity contribution is 0.102. The van der Waals surface area contributed by atoms with E-state index in [-0.39, 0.29) is 5.91 Å². The standard InChI is InChI=1S/C18H24N4O2/c1-12-6-7-15(10-13(12)2)21-17(23)16-11-14(3)20-18(22-16)19-8-5-9-24-4/h6-7,10-11H,5,8-9H2,1-4H3,(H,21,23)(H,19,20,22). The Morgan fingerprint density at radius 3 is 2.62 bits per heavy atom. The average Bonchev–Trinajstić information content (AvgIpc) is 2.54. The summed E-state index contributed by atoms with van der Waals surface area (Å²) in [5.74, 6) is 0.208. The van der Waals surface area contributed by atoms with Gasteiger partial charge in [0.05, 0.1) is 0 Å². The normalized spacial score (nSPS) is 10.5. The van der Waals surface area contributed by atoms with E-state index < -0.39 is 0 Å². The Morgan fingerprint density at radius 1 is 1.12 bits per heavy atom. The van der Waals surface area contributed by atoms with E-state index in [1.807, 2.05) is 39.0 Å². The van der Waals surface area contributed by atoms with E-state index in [9.17, 15) is 4.79 Å². The molecule has 0 bridgehead atoms. The molecular formula is C18H24N4O2. The number of nitrogens with zero attached hydrogens (tertiary/aromatic N) is 2. The van der Waals surface area contributed by atoms with Crippen LogP contribution in [0.4, 0.5) is 11.6 Å². The summed E-state index contributed by atoms with van der Waals surface area (Å²) in [7, 11) is 1.67. The molecule has 1 aromatic carbocycles. The number of hydrogen-bond donors (Lipinski definition) is 2. The number of rotatable bonds is 7. The van der Waals surface area contributed by atoms with Crippen molar-refractivity contribution in [3.05, 3.63) is 46.8 Å². The lowest BCUT2D eigenvalue weighted by atomic mass is 10.1. The monoisotopic (exact) mass is 328 g/mol. The van der Waals surface area contributed by atoms with Gasteiger partial charge in [-0.3, -0.25) is 4.79 Å². The lowest BCUT2D eigenvalue weighted by Crippen LogP contribution is -2.17. The maximum atomic E-state index is 12.4. The van der Waals surface area contributed by atoms with Gasteiger partial charge in [0.2, 0.25) is 5.95 Å². The number of amides is 1. The van der Waals surface area contributed by atoms with Crippen LogP contribution in [0.15, 0.2) is 24.3 Å². The number of aryl methyl sites for hydroxylation is 3. The predicted molar refractivity (Wildman–Crippen MR) is 95.6 cm³/mol. The van der Waals surface area contributed by atoms with Crippen molar-refractivity contribution in [2.75, 3.05) is 30.9 Å². The molecule has 6 nitrogen and oxygen atoms in total. The molecule has 0 atom stereocenters. The topological polar surface area (TPSA) is 76.1 Å². The molecule has 128 valence electrons. The Hall–Kier alpha value is -2.47. The van der Waals surface area contributed by atoms with Gasteiger partial charge in [0.25, 0.3) is 5.91 Å². The zero-order valence-corrected chi connectivity index (χ0v) is 14.6. The van der Waals surface area contributed by atoms with Crippen molar-refractivity contribution in [1.29, 1.82) is 0 Å². The minimum atomic E-state index is -0.247. The molecule has 0 radical (unpaired) electrons. The van der Waals surface area contributed by atoms with Gasteiger partial charge < -0.3 is 15.4 Å². The van der Waals surface area contributed by atoms with E-state index in [2.05, 4.69) is 20.6 Å². The molecule has 0 saturated carbocycles. The van der Waals surface area contributed by atoms with Crippen LogP contribution in [0.2, 0.25) is 0 Å². The van der Waals surface area contributed by atoms with Crippen LogP contribution in [-0.4, -0.2) is 36.1 Å². The Bertz CT molecular complexity index is 716. The van der Waals surface area contributed by atoms with Crippen molar-refractivity contribution in [2.24, 2.45) is 0 Å². The molecule has 0 fully saturated rings. The molecule has 0 aliphatic heterocycles. The van der Waals surface area contributed by atoms with Gasteiger partial charge in [0.1, 0.15) is 5.69 Å². The van der Waals surface area contributed by atoms with Crippen LogP contribution in [0, 0.1) is 20.8 Å². The summed E-state index contributed by atoms with van der Waals surface area (Å²) in [6, 6.07) is 7.50. The zero-order valence-electron chi connectivity index (χ0n) is 14.6. The number of methoxy groups -OCH3 is 1. The van der Waals surface area contributed by atoms with Crippen LogP contribution in [0.3, 0.4) is 0 Å². The first-order valence-electron chi connectivity index (χ1n) is 7.96. The third kappa shape index (κ3) is 5.03. The van der Waals surface area contributed by atoms with E-state index in [1.165, 1.54) is 5.56 Å². The van der Waals surface area contributed by atoms with E-state index >= 15 is 0 Å². The van der Waals surface area contributed by atoms with E-state index in [0.29, 0.717) is 24.8 Å². The highest BCUT2D eigenvalue weighted by molar-refractivity contribution is 6.03. The molecule has 2 aromatic rings. The van der Waals surface area contributed by atoms with Crippen LogP contribution < -0.4 is 10.6 Å². The number of carbonyl (C=O) groups excluding carboxylic acids is 1. The van der Waals surface area contributed by atoms with Crippen molar-refractivity contribution in [3.63, 3.8) is 0 Å². The van der Waals surface area contributed by atoms with Crippen molar-refractivity contribution in [3.8, 4) is 0 Å². The molecule has 0 unspecified atom stereocenters. The summed E-state index contributed by atoms with van der Waals surface area (Å²) in [5, 5.41) is 5.99. The molecule has 2 rings (SSSR count). The van der Waals surface area contributed by atoms with Crippen LogP contribution in [0.5, 0.6) is 0 Å². The average molecular weight is 328 g/mol. The highest BCUT2D eigenvalue weighted by Crippen LogP contribution is 2.15. The fraction of sp³-hybridized carbons (Fsp3) is 0.389. The quantitative estimate of drug-likeness (QED) is 0.764. The summed E-state index contributed by atoms with van der Waals surface area (Å²) in [5.41, 5.74) is 4.16. The molecule has 1 amide bonds. The second-order valence-electron chi connectivity index (χ2n) is 5.74. The lowest BCUT2D eigenvalue weighted by Gasteiger charge is -2.10. The fourth-order valence-electron chi connectivity index (χ4n) is 2.19. The summed E-state index contributed by atoms with van der Waals surface area (Å²) in [4.78, 5) is 21.0. The second kappa shape index (κ2) is 8.40. The third-order valence-electron chi connectivity index (χ3n) is 3.66. The Labute approximate surface area is 142 Å². The highest BCUT2D eigenvalue weighted by atomic mass is 16.5. The first-order chi connectivity index (χ1) is 11.5. The summed E-state index contributed by atoms with van der Waals surface area (Å²) in [6.07, 6.45) is 0.845. The van der Waals surface area contributed by atoms with E-state index in [1.54, 1.807) is 13.2 Å². The Kier molecular flexibility index (Phi) is 6.26. The van der Waals surface area contributed by atoms with Gasteiger partial charge in [-0.05, 0) is 56.5 Å². The molecule has 1 heterocycles. The Morgan fingerprint density at radius 2 is 1.92 bits per heavy atom. The molecule has 0 aliphatic carbocycles. The van der Waals surface area contributed by atoms with Crippen LogP contribution in [0.1, 0.15) is 33.7 Å². The minimum absolute atomic E-state index is 0.247. The van der Waals surface area contributed by atoms with Gasteiger partial charge >= 0.3 is 0 Å². The van der Waals surface area contributed by atoms with Gasteiger partial charge in [0.15, 0.2) is 0 Å². The first-order valence-corrected chi connectivity index (χ1v) is 7.96. The minimum Gasteiger partial charge on any atom is -0.385 e. The number of aromatic nitrogens is 2. The maximum absolute atomic E-state index is 12.4. The SMILES string of the molecule is COCCCNc1nc(C)cc(C(=O)Nc2ccc(C)c(C)c2)n1. The number of anilines is 2. The number of carbonyl (C=O) groups is 1. The number of benzene rings is 1. The van der Waals surface area contributed by atoms with Gasteiger partial charge in [0, 0.05) is 31.6 Å². The summed E-state index contributed by atoms with van der Waals surface area (Å²) >= 11 is 0. The largest absolute Gasteiger partial charge is 0.385 e. The van der Waals surface area contributed by atoms with E-state index in [0.717, 1.165) is 23.4 Å². The zero-order chi connectivity index (χ0) is 17.5. The summed E-state index contributed by atoms with van der Waals surface area (Å²) in [6.45, 7) is 7.25. The van der Waals surface area contributed by atoms with Crippen LogP contribution in [0.25, 0.3) is 0 Å². The maximum Gasteiger partial charge on any atom is 0.274 e. The van der Waals surface area contributed by atoms with Gasteiger partial charge in [-0.1, -0.05) is 6.07 Å². The third-order valence-corrected chi connectivity index (χ3v) is 3.66. The van der Waals surface area contributed by atoms with Crippen molar-refractivity contribution < 1.29 is 9.53 Å². The predicted octanol–water partition coefficient (Wildman–Crippen LogP) is 3.10. The molecule has 0 aliphatic rings. The van der Waals surface area contributed by atoms with Crippen LogP contribution in [-0.2, 0) is 4.74 Å². The molecule has 24 heavy (non-hydrogen) atoms.